The molecule has 0 bridgehead atoms. The molecule has 1 saturated heterocycles. The van der Waals surface area contributed by atoms with Gasteiger partial charge in [0.2, 0.25) is 10.0 Å². The first-order valence-electron chi connectivity index (χ1n) is 13.0. The van der Waals surface area contributed by atoms with Gasteiger partial charge in [0.25, 0.3) is 5.91 Å². The summed E-state index contributed by atoms with van der Waals surface area (Å²) in [5.41, 5.74) is 1.54. The lowest BCUT2D eigenvalue weighted by molar-refractivity contribution is -0.170. The smallest absolute Gasteiger partial charge is 0.407 e. The number of aromatic nitrogens is 1. The maximum atomic E-state index is 13.3. The normalized spacial score (nSPS) is 19.6. The number of hydrogen-bond donors (Lipinski definition) is 4. The largest absolute Gasteiger partial charge is 0.489 e. The van der Waals surface area contributed by atoms with Gasteiger partial charge in [-0.05, 0) is 70.5 Å². The fraction of sp³-hybridized carbons (Fsp3) is 0.393. The lowest BCUT2D eigenvalue weighted by Crippen LogP contribution is -2.69. The van der Waals surface area contributed by atoms with E-state index in [1.54, 1.807) is 20.8 Å². The van der Waals surface area contributed by atoms with Crippen molar-refractivity contribution < 1.29 is 37.8 Å². The number of nitrogens with one attached hydrogen (secondary N) is 2. The van der Waals surface area contributed by atoms with Gasteiger partial charge in [0.15, 0.2) is 5.60 Å². The summed E-state index contributed by atoms with van der Waals surface area (Å²) in [4.78, 5) is 35.0. The van der Waals surface area contributed by atoms with E-state index in [9.17, 15) is 28.2 Å². The number of hydrogen-bond acceptors (Lipinski definition) is 8. The Labute approximate surface area is 238 Å². The second-order valence-corrected chi connectivity index (χ2v) is 12.7. The number of piperidine rings is 1. The first-order chi connectivity index (χ1) is 19.2. The number of carbonyl (C=O) groups excluding carboxylic acids is 1. The molecule has 2 atom stereocenters. The van der Waals surface area contributed by atoms with Gasteiger partial charge in [-0.15, -0.1) is 0 Å². The Morgan fingerprint density at radius 3 is 2.49 bits per heavy atom. The topological polar surface area (TPSA) is 167 Å². The van der Waals surface area contributed by atoms with Crippen molar-refractivity contribution >= 4 is 32.9 Å². The molecule has 0 spiro atoms. The number of likely N-dealkylation sites (tertiary alicyclic amines) is 1. The number of amides is 2. The molecule has 4 rings (SSSR count). The first-order valence-corrected chi connectivity index (χ1v) is 14.5. The zero-order chi connectivity index (χ0) is 30.0. The van der Waals surface area contributed by atoms with Gasteiger partial charge in [-0.1, -0.05) is 18.2 Å². The van der Waals surface area contributed by atoms with E-state index in [4.69, 9.17) is 9.57 Å². The number of nitrogens with zero attached hydrogens (tertiary/aromatic N) is 2. The Morgan fingerprint density at radius 2 is 1.83 bits per heavy atom. The van der Waals surface area contributed by atoms with E-state index in [2.05, 4.69) is 15.2 Å². The molecule has 2 heterocycles. The van der Waals surface area contributed by atoms with E-state index in [-0.39, 0.29) is 24.5 Å². The number of β-amino-alcohol motifs (C(OH)–C–C–N with tert-alkyl or cyclic N) is 1. The molecule has 0 aliphatic carbocycles. The molecular weight excluding hydrogens is 552 g/mol. The number of carbonyl (C=O) groups is 2. The summed E-state index contributed by atoms with van der Waals surface area (Å²) in [6.45, 7) is 6.39. The number of pyridine rings is 1. The zero-order valence-electron chi connectivity index (χ0n) is 23.2. The molecule has 1 aromatic heterocycles. The molecule has 1 fully saturated rings. The van der Waals surface area contributed by atoms with Gasteiger partial charge in [-0.3, -0.25) is 14.6 Å². The molecule has 0 radical (unpaired) electrons. The number of sulfonamides is 1. The highest BCUT2D eigenvalue weighted by Crippen LogP contribution is 2.26. The highest BCUT2D eigenvalue weighted by atomic mass is 32.2. The van der Waals surface area contributed by atoms with Crippen molar-refractivity contribution in [3.05, 3.63) is 65.9 Å². The molecule has 2 amide bonds. The summed E-state index contributed by atoms with van der Waals surface area (Å²) in [6, 6.07) is 14.0. The highest BCUT2D eigenvalue weighted by molar-refractivity contribution is 7.89. The van der Waals surface area contributed by atoms with Crippen LogP contribution in [-0.2, 0) is 26.3 Å². The predicted molar refractivity (Wildman–Crippen MR) is 150 cm³/mol. The highest BCUT2D eigenvalue weighted by Gasteiger charge is 2.51. The minimum Gasteiger partial charge on any atom is -0.489 e. The fourth-order valence-electron chi connectivity index (χ4n) is 4.49. The van der Waals surface area contributed by atoms with Crippen molar-refractivity contribution in [1.29, 1.82) is 0 Å². The molecule has 0 unspecified atom stereocenters. The van der Waals surface area contributed by atoms with Crippen molar-refractivity contribution in [2.24, 2.45) is 0 Å². The van der Waals surface area contributed by atoms with Crippen LogP contribution < -0.4 is 14.9 Å². The van der Waals surface area contributed by atoms with E-state index < -0.39 is 45.8 Å². The molecule has 3 aromatic rings. The lowest BCUT2D eigenvalue weighted by atomic mass is 9.87. The van der Waals surface area contributed by atoms with Gasteiger partial charge in [0, 0.05) is 23.2 Å². The molecular formula is C28H34N4O8S. The van der Waals surface area contributed by atoms with Crippen molar-refractivity contribution in [3.8, 4) is 5.75 Å². The maximum Gasteiger partial charge on any atom is 0.407 e. The van der Waals surface area contributed by atoms with Crippen molar-refractivity contribution in [1.82, 2.24) is 20.1 Å². The zero-order valence-corrected chi connectivity index (χ0v) is 24.1. The summed E-state index contributed by atoms with van der Waals surface area (Å²) >= 11 is 0. The Balaban J connectivity index is 1.49. The van der Waals surface area contributed by atoms with Gasteiger partial charge < -0.3 is 19.8 Å². The number of benzene rings is 2. The summed E-state index contributed by atoms with van der Waals surface area (Å²) in [6.07, 6.45) is -1.49. The van der Waals surface area contributed by atoms with Crippen LogP contribution in [0.5, 0.6) is 5.75 Å². The molecule has 0 saturated carbocycles. The summed E-state index contributed by atoms with van der Waals surface area (Å²) in [7, 11) is -4.22. The molecule has 1 aliphatic rings. The van der Waals surface area contributed by atoms with Crippen LogP contribution in [0.3, 0.4) is 0 Å². The molecule has 12 nitrogen and oxygen atoms in total. The van der Waals surface area contributed by atoms with Crippen LogP contribution in [-0.4, -0.2) is 70.8 Å². The standard InChI is InChI=1S/C28H34N4O8S/c1-18-15-19(22-7-5-6-8-23(22)29-18)16-39-20-9-11-21(12-10-20)41(37,38)31-24-13-14-32(26(34)35)17-28(24,36)25(33)30-40-27(2,3)4/h5-12,15,24,31,36H,13-14,16-17H2,1-4H3,(H,30,33)(H,34,35)/t24-,28-/m1/s1. The number of aryl methyl sites for hydroxylation is 1. The third-order valence-corrected chi connectivity index (χ3v) is 8.05. The van der Waals surface area contributed by atoms with E-state index in [1.807, 2.05) is 37.3 Å². The molecule has 13 heteroatoms. The van der Waals surface area contributed by atoms with Crippen LogP contribution >= 0.6 is 0 Å². The molecule has 41 heavy (non-hydrogen) atoms. The quantitative estimate of drug-likeness (QED) is 0.290. The average Bonchev–Trinajstić information content (AvgIpc) is 2.91. The van der Waals surface area contributed by atoms with Crippen LogP contribution in [0.2, 0.25) is 0 Å². The number of hydroxylamine groups is 1. The second kappa shape index (κ2) is 11.6. The number of fused-ring (bicyclic) bond motifs is 1. The number of aliphatic hydroxyl groups is 1. The fourth-order valence-corrected chi connectivity index (χ4v) is 5.81. The summed E-state index contributed by atoms with van der Waals surface area (Å²) in [5, 5.41) is 21.7. The Kier molecular flexibility index (Phi) is 8.54. The average molecular weight is 587 g/mol. The van der Waals surface area contributed by atoms with Crippen LogP contribution in [0.4, 0.5) is 4.79 Å². The maximum absolute atomic E-state index is 13.3. The molecule has 4 N–H and O–H groups in total. The Morgan fingerprint density at radius 1 is 1.15 bits per heavy atom. The molecule has 1 aliphatic heterocycles. The second-order valence-electron chi connectivity index (χ2n) is 10.9. The van der Waals surface area contributed by atoms with E-state index in [1.165, 1.54) is 24.3 Å². The molecule has 2 aromatic carbocycles. The number of ether oxygens (including phenoxy) is 1. The Bertz CT molecular complexity index is 1540. The minimum atomic E-state index is -4.22. The van der Waals surface area contributed by atoms with Gasteiger partial charge in [0.1, 0.15) is 12.4 Å². The van der Waals surface area contributed by atoms with Gasteiger partial charge in [-0.2, -0.15) is 0 Å². The summed E-state index contributed by atoms with van der Waals surface area (Å²) < 4.78 is 34.8. The van der Waals surface area contributed by atoms with Crippen molar-refractivity contribution in [2.75, 3.05) is 13.1 Å². The van der Waals surface area contributed by atoms with Crippen LogP contribution in [0.15, 0.2) is 59.5 Å². The van der Waals surface area contributed by atoms with Gasteiger partial charge in [-0.25, -0.2) is 23.4 Å². The van der Waals surface area contributed by atoms with Crippen LogP contribution in [0, 0.1) is 6.92 Å². The monoisotopic (exact) mass is 586 g/mol. The van der Waals surface area contributed by atoms with Gasteiger partial charge in [0.05, 0.1) is 28.6 Å². The summed E-state index contributed by atoms with van der Waals surface area (Å²) in [5.74, 6) is -0.624. The number of carboxylic acid groups (broad SMARTS) is 1. The molecule has 220 valence electrons. The lowest BCUT2D eigenvalue weighted by Gasteiger charge is -2.42. The van der Waals surface area contributed by atoms with E-state index in [0.717, 1.165) is 27.1 Å². The Hall–Kier alpha value is -3.78. The van der Waals surface area contributed by atoms with E-state index in [0.29, 0.717) is 5.75 Å². The minimum absolute atomic E-state index is 0.0891. The number of para-hydroxylation sites is 1. The van der Waals surface area contributed by atoms with Crippen molar-refractivity contribution in [2.45, 2.75) is 62.9 Å². The van der Waals surface area contributed by atoms with Crippen LogP contribution in [0.1, 0.15) is 38.4 Å². The van der Waals surface area contributed by atoms with Crippen molar-refractivity contribution in [3.63, 3.8) is 0 Å². The third kappa shape index (κ3) is 7.11. The first kappa shape index (κ1) is 30.2. The number of rotatable bonds is 8. The predicted octanol–water partition coefficient (Wildman–Crippen LogP) is 2.73. The van der Waals surface area contributed by atoms with Crippen LogP contribution in [0.25, 0.3) is 10.9 Å². The van der Waals surface area contributed by atoms with E-state index >= 15 is 0 Å². The van der Waals surface area contributed by atoms with Gasteiger partial charge >= 0.3 is 6.09 Å². The SMILES string of the molecule is Cc1cc(COc2ccc(S(=O)(=O)N[C@@H]3CCN(C(=O)O)C[C@]3(O)C(=O)NOC(C)(C)C)cc2)c2ccccc2n1. The third-order valence-electron chi connectivity index (χ3n) is 6.57.